The molecule has 0 aromatic heterocycles. The summed E-state index contributed by atoms with van der Waals surface area (Å²) in [5, 5.41) is 3.15. The summed E-state index contributed by atoms with van der Waals surface area (Å²) in [5.41, 5.74) is 8.85. The number of halogens is 1. The van der Waals surface area contributed by atoms with Gasteiger partial charge in [-0.2, -0.15) is 0 Å². The summed E-state index contributed by atoms with van der Waals surface area (Å²) in [6.45, 7) is 1.77. The van der Waals surface area contributed by atoms with Crippen LogP contribution in [0.2, 0.25) is 0 Å². The van der Waals surface area contributed by atoms with Crippen molar-refractivity contribution in [2.45, 2.75) is 6.92 Å². The van der Waals surface area contributed by atoms with E-state index in [0.29, 0.717) is 0 Å². The van der Waals surface area contributed by atoms with Crippen LogP contribution in [0.5, 0.6) is 0 Å². The van der Waals surface area contributed by atoms with E-state index >= 15 is 0 Å². The van der Waals surface area contributed by atoms with Crippen molar-refractivity contribution in [2.24, 2.45) is 5.11 Å². The smallest absolute Gasteiger partial charge is 0.133 e. The van der Waals surface area contributed by atoms with Gasteiger partial charge in [-0.1, -0.05) is 11.2 Å². The van der Waals surface area contributed by atoms with Gasteiger partial charge in [0.05, 0.1) is 5.69 Å². The third-order valence-corrected chi connectivity index (χ3v) is 1.26. The maximum Gasteiger partial charge on any atom is 0.133 e. The van der Waals surface area contributed by atoms with Crippen molar-refractivity contribution < 1.29 is 4.39 Å². The van der Waals surface area contributed by atoms with E-state index in [0.717, 1.165) is 5.56 Å². The third-order valence-electron chi connectivity index (χ3n) is 1.26. The molecule has 1 rings (SSSR count). The number of hydrogen-bond donors (Lipinski definition) is 0. The molecule has 0 N–H and O–H groups in total. The van der Waals surface area contributed by atoms with E-state index in [9.17, 15) is 4.39 Å². The normalized spacial score (nSPS) is 8.91. The average Bonchev–Trinajstić information content (AvgIpc) is 1.95. The summed E-state index contributed by atoms with van der Waals surface area (Å²) in [6, 6.07) is 4.46. The maximum atomic E-state index is 12.8. The first-order valence-electron chi connectivity index (χ1n) is 3.05. The van der Waals surface area contributed by atoms with Crippen molar-refractivity contribution in [1.82, 2.24) is 0 Å². The van der Waals surface area contributed by atoms with Crippen LogP contribution < -0.4 is 0 Å². The minimum atomic E-state index is -0.484. The van der Waals surface area contributed by atoms with Crippen molar-refractivity contribution in [3.63, 3.8) is 0 Å². The Hall–Kier alpha value is -1.54. The van der Waals surface area contributed by atoms with Gasteiger partial charge in [0.1, 0.15) is 5.82 Å². The molecule has 0 saturated carbocycles. The van der Waals surface area contributed by atoms with E-state index in [2.05, 4.69) is 10.0 Å². The second kappa shape index (κ2) is 3.03. The fourth-order valence-corrected chi connectivity index (χ4v) is 0.741. The second-order valence-corrected chi connectivity index (χ2v) is 2.14. The molecule has 0 amide bonds. The van der Waals surface area contributed by atoms with Gasteiger partial charge in [0.15, 0.2) is 0 Å². The molecule has 0 fully saturated rings. The van der Waals surface area contributed by atoms with Crippen LogP contribution in [0.1, 0.15) is 5.56 Å². The Kier molecular flexibility index (Phi) is 2.09. The Morgan fingerprint density at radius 2 is 2.27 bits per heavy atom. The Bertz CT molecular complexity index is 315. The Morgan fingerprint density at radius 1 is 1.55 bits per heavy atom. The standard InChI is InChI=1S/C7H6FN3/c1-5-2-3-7(10-11-9)6(8)4-5/h2-4H,1H3. The molecule has 0 aliphatic heterocycles. The monoisotopic (exact) mass is 151 g/mol. The lowest BCUT2D eigenvalue weighted by Crippen LogP contribution is -1.76. The van der Waals surface area contributed by atoms with Crippen molar-refractivity contribution in [3.8, 4) is 0 Å². The molecule has 0 aliphatic carbocycles. The zero-order valence-electron chi connectivity index (χ0n) is 5.95. The molecule has 0 spiro atoms. The lowest BCUT2D eigenvalue weighted by Gasteiger charge is -1.94. The van der Waals surface area contributed by atoms with Gasteiger partial charge in [-0.25, -0.2) is 4.39 Å². The van der Waals surface area contributed by atoms with E-state index in [-0.39, 0.29) is 5.69 Å². The van der Waals surface area contributed by atoms with Crippen LogP contribution in [0, 0.1) is 12.7 Å². The fraction of sp³-hybridized carbons (Fsp3) is 0.143. The van der Waals surface area contributed by atoms with E-state index in [1.165, 1.54) is 12.1 Å². The van der Waals surface area contributed by atoms with Crippen LogP contribution in [0.15, 0.2) is 23.3 Å². The summed E-state index contributed by atoms with van der Waals surface area (Å²) in [4.78, 5) is 2.48. The zero-order valence-corrected chi connectivity index (χ0v) is 5.95. The largest absolute Gasteiger partial charge is 0.206 e. The Morgan fingerprint density at radius 3 is 2.82 bits per heavy atom. The topological polar surface area (TPSA) is 48.8 Å². The van der Waals surface area contributed by atoms with E-state index in [4.69, 9.17) is 5.53 Å². The number of azide groups is 1. The van der Waals surface area contributed by atoms with Gasteiger partial charge in [0.2, 0.25) is 0 Å². The third kappa shape index (κ3) is 1.69. The van der Waals surface area contributed by atoms with Crippen LogP contribution >= 0.6 is 0 Å². The highest BCUT2D eigenvalue weighted by Gasteiger charge is 1.97. The molecule has 1 aromatic carbocycles. The SMILES string of the molecule is Cc1ccc(N=[N+]=[N-])c(F)c1. The van der Waals surface area contributed by atoms with Gasteiger partial charge in [0, 0.05) is 4.91 Å². The quantitative estimate of drug-likeness (QED) is 0.336. The summed E-state index contributed by atoms with van der Waals surface area (Å²) in [7, 11) is 0. The molecule has 0 unspecified atom stereocenters. The summed E-state index contributed by atoms with van der Waals surface area (Å²) in [6.07, 6.45) is 0. The van der Waals surface area contributed by atoms with E-state index in [1.54, 1.807) is 13.0 Å². The van der Waals surface area contributed by atoms with Crippen LogP contribution in [-0.4, -0.2) is 0 Å². The lowest BCUT2D eigenvalue weighted by atomic mass is 10.2. The van der Waals surface area contributed by atoms with Gasteiger partial charge in [0.25, 0.3) is 0 Å². The molecule has 1 aromatic rings. The zero-order chi connectivity index (χ0) is 8.27. The van der Waals surface area contributed by atoms with Crippen LogP contribution in [-0.2, 0) is 0 Å². The summed E-state index contributed by atoms with van der Waals surface area (Å²) in [5.74, 6) is -0.484. The minimum Gasteiger partial charge on any atom is -0.206 e. The first kappa shape index (κ1) is 7.57. The van der Waals surface area contributed by atoms with E-state index < -0.39 is 5.82 Å². The van der Waals surface area contributed by atoms with Crippen molar-refractivity contribution >= 4 is 5.69 Å². The molecule has 3 nitrogen and oxygen atoms in total. The summed E-state index contributed by atoms with van der Waals surface area (Å²) >= 11 is 0. The van der Waals surface area contributed by atoms with Gasteiger partial charge >= 0.3 is 0 Å². The molecular weight excluding hydrogens is 145 g/mol. The average molecular weight is 151 g/mol. The fourth-order valence-electron chi connectivity index (χ4n) is 0.741. The van der Waals surface area contributed by atoms with Crippen molar-refractivity contribution in [1.29, 1.82) is 0 Å². The summed E-state index contributed by atoms with van der Waals surface area (Å²) < 4.78 is 12.8. The van der Waals surface area contributed by atoms with Crippen molar-refractivity contribution in [2.75, 3.05) is 0 Å². The molecule has 0 radical (unpaired) electrons. The number of rotatable bonds is 1. The predicted molar refractivity (Wildman–Crippen MR) is 39.9 cm³/mol. The molecule has 0 heterocycles. The Balaban J connectivity index is 3.19. The first-order valence-corrected chi connectivity index (χ1v) is 3.05. The highest BCUT2D eigenvalue weighted by atomic mass is 19.1. The van der Waals surface area contributed by atoms with Crippen molar-refractivity contribution in [3.05, 3.63) is 40.0 Å². The van der Waals surface area contributed by atoms with Gasteiger partial charge in [-0.05, 0) is 30.2 Å². The number of benzene rings is 1. The number of aryl methyl sites for hydroxylation is 1. The predicted octanol–water partition coefficient (Wildman–Crippen LogP) is 3.08. The molecule has 0 aliphatic rings. The Labute approximate surface area is 63.1 Å². The van der Waals surface area contributed by atoms with Gasteiger partial charge in [-0.15, -0.1) is 0 Å². The maximum absolute atomic E-state index is 12.8. The number of nitrogens with zero attached hydrogens (tertiary/aromatic N) is 3. The molecule has 0 saturated heterocycles. The molecule has 0 atom stereocenters. The van der Waals surface area contributed by atoms with Crippen LogP contribution in [0.3, 0.4) is 0 Å². The van der Waals surface area contributed by atoms with E-state index in [1.807, 2.05) is 0 Å². The van der Waals surface area contributed by atoms with Crippen LogP contribution in [0.4, 0.5) is 10.1 Å². The molecular formula is C7H6FN3. The second-order valence-electron chi connectivity index (χ2n) is 2.14. The molecule has 4 heteroatoms. The highest BCUT2D eigenvalue weighted by molar-refractivity contribution is 5.40. The number of hydrogen-bond acceptors (Lipinski definition) is 1. The molecule has 0 bridgehead atoms. The van der Waals surface area contributed by atoms with Crippen LogP contribution in [0.25, 0.3) is 10.4 Å². The lowest BCUT2D eigenvalue weighted by molar-refractivity contribution is 0.628. The molecule has 11 heavy (non-hydrogen) atoms. The minimum absolute atomic E-state index is 0.0399. The molecule has 56 valence electrons. The van der Waals surface area contributed by atoms with Gasteiger partial charge < -0.3 is 0 Å². The highest BCUT2D eigenvalue weighted by Crippen LogP contribution is 2.18. The van der Waals surface area contributed by atoms with Gasteiger partial charge in [-0.3, -0.25) is 0 Å². The first-order chi connectivity index (χ1) is 5.24.